The molecule has 0 aliphatic rings. The number of aromatic nitrogens is 3. The molecule has 4 nitrogen and oxygen atoms in total. The van der Waals surface area contributed by atoms with Crippen molar-refractivity contribution in [2.45, 2.75) is 19.9 Å². The van der Waals surface area contributed by atoms with Gasteiger partial charge in [-0.25, -0.2) is 0 Å². The van der Waals surface area contributed by atoms with E-state index < -0.39 is 0 Å². The highest BCUT2D eigenvalue weighted by atomic mass is 15.3. The minimum absolute atomic E-state index is 0.174. The molecule has 0 aliphatic carbocycles. The Balaban J connectivity index is 2.05. The number of hydrogen-bond donors (Lipinski definition) is 1. The third-order valence-electron chi connectivity index (χ3n) is 3.57. The van der Waals surface area contributed by atoms with E-state index in [1.165, 1.54) is 0 Å². The molecule has 4 heteroatoms. The van der Waals surface area contributed by atoms with E-state index in [-0.39, 0.29) is 6.04 Å². The highest BCUT2D eigenvalue weighted by Crippen LogP contribution is 2.23. The zero-order chi connectivity index (χ0) is 14.3. The van der Waals surface area contributed by atoms with Crippen molar-refractivity contribution in [1.82, 2.24) is 14.8 Å². The number of nitrogens with two attached hydrogens (primary N) is 1. The van der Waals surface area contributed by atoms with Gasteiger partial charge in [0.05, 0.1) is 22.9 Å². The van der Waals surface area contributed by atoms with Crippen LogP contribution in [0.3, 0.4) is 0 Å². The largest absolute Gasteiger partial charge is 0.319 e. The molecular formula is C16H18N4. The van der Waals surface area contributed by atoms with Crippen molar-refractivity contribution < 1.29 is 0 Å². The van der Waals surface area contributed by atoms with E-state index in [4.69, 9.17) is 5.73 Å². The summed E-state index contributed by atoms with van der Waals surface area (Å²) in [6.45, 7) is 3.97. The minimum Gasteiger partial charge on any atom is -0.319 e. The van der Waals surface area contributed by atoms with Gasteiger partial charge in [-0.15, -0.1) is 0 Å². The van der Waals surface area contributed by atoms with Gasteiger partial charge in [-0.3, -0.25) is 9.67 Å². The van der Waals surface area contributed by atoms with Crippen molar-refractivity contribution in [2.24, 2.45) is 12.8 Å². The van der Waals surface area contributed by atoms with Gasteiger partial charge >= 0.3 is 0 Å². The maximum atomic E-state index is 6.37. The van der Waals surface area contributed by atoms with Gasteiger partial charge in [-0.05, 0) is 43.7 Å². The molecule has 0 fully saturated rings. The summed E-state index contributed by atoms with van der Waals surface area (Å²) in [5.74, 6) is 0. The molecule has 0 aliphatic heterocycles. The maximum absolute atomic E-state index is 6.37. The quantitative estimate of drug-likeness (QED) is 0.775. The Morgan fingerprint density at radius 1 is 1.05 bits per heavy atom. The normalized spacial score (nSPS) is 12.8. The molecule has 0 amide bonds. The zero-order valence-corrected chi connectivity index (χ0v) is 12.0. The first-order chi connectivity index (χ1) is 9.54. The molecule has 2 heterocycles. The van der Waals surface area contributed by atoms with Gasteiger partial charge in [0.2, 0.25) is 0 Å². The first-order valence-corrected chi connectivity index (χ1v) is 6.68. The summed E-state index contributed by atoms with van der Waals surface area (Å²) < 4.78 is 1.84. The number of pyridine rings is 1. The van der Waals surface area contributed by atoms with Gasteiger partial charge in [0.25, 0.3) is 0 Å². The monoisotopic (exact) mass is 266 g/mol. The number of fused-ring (bicyclic) bond motifs is 1. The van der Waals surface area contributed by atoms with Gasteiger partial charge in [0, 0.05) is 18.1 Å². The molecule has 2 aromatic heterocycles. The van der Waals surface area contributed by atoms with Crippen LogP contribution in [0, 0.1) is 13.8 Å². The van der Waals surface area contributed by atoms with Crippen LogP contribution >= 0.6 is 0 Å². The lowest BCUT2D eigenvalue weighted by Gasteiger charge is -2.13. The summed E-state index contributed by atoms with van der Waals surface area (Å²) in [4.78, 5) is 4.51. The van der Waals surface area contributed by atoms with Crippen LogP contribution in [0.4, 0.5) is 0 Å². The smallest absolute Gasteiger partial charge is 0.0723 e. The summed E-state index contributed by atoms with van der Waals surface area (Å²) in [5, 5.41) is 5.47. The Hall–Kier alpha value is -2.20. The highest BCUT2D eigenvalue weighted by molar-refractivity contribution is 5.79. The number of rotatable bonds is 2. The first-order valence-electron chi connectivity index (χ1n) is 6.68. The van der Waals surface area contributed by atoms with E-state index in [1.807, 2.05) is 49.8 Å². The number of hydrogen-bond acceptors (Lipinski definition) is 3. The average molecular weight is 266 g/mol. The van der Waals surface area contributed by atoms with Crippen molar-refractivity contribution >= 4 is 10.9 Å². The van der Waals surface area contributed by atoms with Gasteiger partial charge in [0.1, 0.15) is 0 Å². The molecule has 3 aromatic rings. The molecule has 2 N–H and O–H groups in total. The van der Waals surface area contributed by atoms with Crippen LogP contribution in [-0.2, 0) is 7.05 Å². The van der Waals surface area contributed by atoms with E-state index >= 15 is 0 Å². The summed E-state index contributed by atoms with van der Waals surface area (Å²) in [6, 6.07) is 12.1. The molecule has 1 atom stereocenters. The third kappa shape index (κ3) is 2.18. The van der Waals surface area contributed by atoms with Crippen molar-refractivity contribution in [1.29, 1.82) is 0 Å². The van der Waals surface area contributed by atoms with Crippen molar-refractivity contribution in [3.8, 4) is 0 Å². The number of nitrogens with zero attached hydrogens (tertiary/aromatic N) is 3. The molecule has 102 valence electrons. The van der Waals surface area contributed by atoms with E-state index in [0.29, 0.717) is 0 Å². The zero-order valence-electron chi connectivity index (χ0n) is 12.0. The second-order valence-electron chi connectivity index (χ2n) is 5.22. The fourth-order valence-corrected chi connectivity index (χ4v) is 2.53. The molecule has 0 radical (unpaired) electrons. The van der Waals surface area contributed by atoms with E-state index in [1.54, 1.807) is 0 Å². The standard InChI is InChI=1S/C16H18N4/c1-10-4-5-12-9-13(6-7-14(12)18-10)16(17)15-8-11(2)19-20(15)3/h4-9,16H,17H2,1-3H3. The Bertz CT molecular complexity index is 773. The second-order valence-corrected chi connectivity index (χ2v) is 5.22. The number of aryl methyl sites for hydroxylation is 3. The topological polar surface area (TPSA) is 56.7 Å². The average Bonchev–Trinajstić information content (AvgIpc) is 2.76. The third-order valence-corrected chi connectivity index (χ3v) is 3.57. The van der Waals surface area contributed by atoms with Gasteiger partial charge < -0.3 is 5.73 Å². The molecule has 0 saturated carbocycles. The maximum Gasteiger partial charge on any atom is 0.0723 e. The van der Waals surface area contributed by atoms with Crippen LogP contribution in [-0.4, -0.2) is 14.8 Å². The predicted molar refractivity (Wildman–Crippen MR) is 80.5 cm³/mol. The van der Waals surface area contributed by atoms with Crippen molar-refractivity contribution in [2.75, 3.05) is 0 Å². The lowest BCUT2D eigenvalue weighted by Crippen LogP contribution is -2.15. The lowest BCUT2D eigenvalue weighted by atomic mass is 10.0. The van der Waals surface area contributed by atoms with E-state index in [9.17, 15) is 0 Å². The van der Waals surface area contributed by atoms with Crippen LogP contribution in [0.25, 0.3) is 10.9 Å². The van der Waals surface area contributed by atoms with Gasteiger partial charge in [-0.2, -0.15) is 5.10 Å². The van der Waals surface area contributed by atoms with Crippen LogP contribution in [0.2, 0.25) is 0 Å². The fourth-order valence-electron chi connectivity index (χ4n) is 2.53. The predicted octanol–water partition coefficient (Wildman–Crippen LogP) is 2.63. The molecule has 0 saturated heterocycles. The Morgan fingerprint density at radius 3 is 2.55 bits per heavy atom. The van der Waals surface area contributed by atoms with Crippen LogP contribution in [0.1, 0.15) is 28.7 Å². The minimum atomic E-state index is -0.174. The Kier molecular flexibility index (Phi) is 3.03. The molecule has 1 aromatic carbocycles. The van der Waals surface area contributed by atoms with Crippen LogP contribution in [0.5, 0.6) is 0 Å². The molecule has 3 rings (SSSR count). The van der Waals surface area contributed by atoms with Gasteiger partial charge in [-0.1, -0.05) is 12.1 Å². The molecule has 1 unspecified atom stereocenters. The summed E-state index contributed by atoms with van der Waals surface area (Å²) in [5.41, 5.74) is 11.5. The summed E-state index contributed by atoms with van der Waals surface area (Å²) in [6.07, 6.45) is 0. The Morgan fingerprint density at radius 2 is 1.85 bits per heavy atom. The summed E-state index contributed by atoms with van der Waals surface area (Å²) in [7, 11) is 1.92. The SMILES string of the molecule is Cc1ccc2cc(C(N)c3cc(C)nn3C)ccc2n1. The fraction of sp³-hybridized carbons (Fsp3) is 0.250. The first kappa shape index (κ1) is 12.8. The van der Waals surface area contributed by atoms with E-state index in [0.717, 1.165) is 33.5 Å². The molecule has 20 heavy (non-hydrogen) atoms. The lowest BCUT2D eigenvalue weighted by molar-refractivity contribution is 0.669. The second kappa shape index (κ2) is 4.72. The number of benzene rings is 1. The van der Waals surface area contributed by atoms with E-state index in [2.05, 4.69) is 22.2 Å². The molecule has 0 spiro atoms. The highest BCUT2D eigenvalue weighted by Gasteiger charge is 2.14. The van der Waals surface area contributed by atoms with Gasteiger partial charge in [0.15, 0.2) is 0 Å². The molecular weight excluding hydrogens is 248 g/mol. The molecule has 0 bridgehead atoms. The Labute approximate surface area is 118 Å². The summed E-state index contributed by atoms with van der Waals surface area (Å²) >= 11 is 0. The van der Waals surface area contributed by atoms with Crippen LogP contribution < -0.4 is 5.73 Å². The van der Waals surface area contributed by atoms with Crippen LogP contribution in [0.15, 0.2) is 36.4 Å². The van der Waals surface area contributed by atoms with Crippen molar-refractivity contribution in [3.05, 3.63) is 59.0 Å². The van der Waals surface area contributed by atoms with Crippen molar-refractivity contribution in [3.63, 3.8) is 0 Å².